The summed E-state index contributed by atoms with van der Waals surface area (Å²) in [5.74, 6) is 1.89. The van der Waals surface area contributed by atoms with E-state index in [4.69, 9.17) is 15.0 Å². The molecule has 258 valence electrons. The van der Waals surface area contributed by atoms with Crippen LogP contribution in [-0.4, -0.2) is 15.0 Å². The molecule has 1 aliphatic carbocycles. The van der Waals surface area contributed by atoms with Crippen LogP contribution in [0.15, 0.2) is 170 Å². The average molecular weight is 703 g/mol. The minimum Gasteiger partial charge on any atom is -0.208 e. The van der Waals surface area contributed by atoms with Gasteiger partial charge in [-0.15, -0.1) is 0 Å². The van der Waals surface area contributed by atoms with Gasteiger partial charge in [-0.25, -0.2) is 15.0 Å². The maximum absolute atomic E-state index is 10.1. The van der Waals surface area contributed by atoms with Crippen LogP contribution < -0.4 is 0 Å². The number of benzene rings is 8. The summed E-state index contributed by atoms with van der Waals surface area (Å²) in [4.78, 5) is 15.2. The second kappa shape index (κ2) is 12.7. The van der Waals surface area contributed by atoms with E-state index in [-0.39, 0.29) is 5.41 Å². The Morgan fingerprint density at radius 2 is 0.873 bits per heavy atom. The molecule has 0 atom stereocenters. The minimum atomic E-state index is -0.189. The van der Waals surface area contributed by atoms with E-state index >= 15 is 0 Å². The summed E-state index contributed by atoms with van der Waals surface area (Å²) in [6.07, 6.45) is 0. The lowest BCUT2D eigenvalue weighted by Crippen LogP contribution is -2.14. The second-order valence-corrected chi connectivity index (χ2v) is 14.8. The number of rotatable bonds is 5. The van der Waals surface area contributed by atoms with Gasteiger partial charge in [0.15, 0.2) is 17.5 Å². The molecule has 1 heterocycles. The van der Waals surface area contributed by atoms with Gasteiger partial charge in [0.1, 0.15) is 0 Å². The third kappa shape index (κ3) is 5.48. The third-order valence-electron chi connectivity index (χ3n) is 11.1. The van der Waals surface area contributed by atoms with Crippen molar-refractivity contribution in [3.8, 4) is 73.6 Å². The highest BCUT2D eigenvalue weighted by Crippen LogP contribution is 2.53. The Hall–Kier alpha value is -7.22. The van der Waals surface area contributed by atoms with Gasteiger partial charge < -0.3 is 0 Å². The van der Waals surface area contributed by atoms with Gasteiger partial charge in [-0.3, -0.25) is 0 Å². The average Bonchev–Trinajstić information content (AvgIpc) is 3.49. The summed E-state index contributed by atoms with van der Waals surface area (Å²) in [6.45, 7) is 4.50. The summed E-state index contributed by atoms with van der Waals surface area (Å²) in [5.41, 5.74) is 12.4. The van der Waals surface area contributed by atoms with E-state index in [9.17, 15) is 5.26 Å². The normalized spacial score (nSPS) is 12.7. The first kappa shape index (κ1) is 32.4. The van der Waals surface area contributed by atoms with Gasteiger partial charge >= 0.3 is 0 Å². The lowest BCUT2D eigenvalue weighted by Gasteiger charge is -2.21. The smallest absolute Gasteiger partial charge is 0.164 e. The molecule has 0 radical (unpaired) electrons. The first-order valence-corrected chi connectivity index (χ1v) is 18.6. The molecule has 1 aromatic heterocycles. The Morgan fingerprint density at radius 1 is 0.400 bits per heavy atom. The maximum atomic E-state index is 10.1. The van der Waals surface area contributed by atoms with Gasteiger partial charge in [0.25, 0.3) is 0 Å². The molecule has 0 N–H and O–H groups in total. The van der Waals surface area contributed by atoms with Crippen molar-refractivity contribution >= 4 is 21.5 Å². The number of fused-ring (bicyclic) bond motifs is 5. The van der Waals surface area contributed by atoms with Gasteiger partial charge in [-0.05, 0) is 84.8 Å². The van der Waals surface area contributed by atoms with Crippen molar-refractivity contribution in [3.05, 3.63) is 187 Å². The van der Waals surface area contributed by atoms with Crippen LogP contribution in [0.4, 0.5) is 0 Å². The van der Waals surface area contributed by atoms with E-state index < -0.39 is 0 Å². The van der Waals surface area contributed by atoms with Crippen molar-refractivity contribution in [3.63, 3.8) is 0 Å². The van der Waals surface area contributed by atoms with Crippen LogP contribution in [0.5, 0.6) is 0 Å². The van der Waals surface area contributed by atoms with E-state index in [1.54, 1.807) is 0 Å². The highest BCUT2D eigenvalue weighted by atomic mass is 15.0. The van der Waals surface area contributed by atoms with Gasteiger partial charge in [0.2, 0.25) is 0 Å². The lowest BCUT2D eigenvalue weighted by atomic mass is 9.82. The van der Waals surface area contributed by atoms with Crippen molar-refractivity contribution in [1.82, 2.24) is 15.0 Å². The van der Waals surface area contributed by atoms with E-state index in [1.165, 1.54) is 21.9 Å². The van der Waals surface area contributed by atoms with Crippen LogP contribution in [0.3, 0.4) is 0 Å². The summed E-state index contributed by atoms with van der Waals surface area (Å²) in [7, 11) is 0. The van der Waals surface area contributed by atoms with Crippen LogP contribution in [0.1, 0.15) is 30.5 Å². The summed E-state index contributed by atoms with van der Waals surface area (Å²) in [5, 5.41) is 14.7. The standard InChI is InChI=1S/C51H34N4/c1-51(2)44-18-8-16-42(31-52)46(44)47-43(17-9-19-45(47)51)35-24-20-34(21-25-35)38-14-7-15-39(28-38)48-53-49(40-26-22-32-10-3-5-12-36(32)29-40)55-50(54-48)41-27-23-33-11-4-6-13-37(33)30-41/h3-30H,1-2H3. The van der Waals surface area contributed by atoms with Crippen LogP contribution in [-0.2, 0) is 5.41 Å². The molecule has 0 saturated heterocycles. The van der Waals surface area contributed by atoms with Crippen LogP contribution in [0.2, 0.25) is 0 Å². The zero-order valence-electron chi connectivity index (χ0n) is 30.5. The monoisotopic (exact) mass is 702 g/mol. The van der Waals surface area contributed by atoms with E-state index in [0.29, 0.717) is 17.5 Å². The minimum absolute atomic E-state index is 0.189. The van der Waals surface area contributed by atoms with Crippen molar-refractivity contribution in [2.75, 3.05) is 0 Å². The first-order chi connectivity index (χ1) is 26.9. The molecule has 0 bridgehead atoms. The van der Waals surface area contributed by atoms with Crippen LogP contribution >= 0.6 is 0 Å². The first-order valence-electron chi connectivity index (χ1n) is 18.6. The Kier molecular flexibility index (Phi) is 7.50. The molecule has 1 aliphatic rings. The molecule has 0 spiro atoms. The number of hydrogen-bond acceptors (Lipinski definition) is 4. The van der Waals surface area contributed by atoms with Crippen molar-refractivity contribution in [2.24, 2.45) is 0 Å². The number of nitrogens with zero attached hydrogens (tertiary/aromatic N) is 4. The van der Waals surface area contributed by atoms with Gasteiger partial charge in [0, 0.05) is 27.7 Å². The number of aromatic nitrogens is 3. The fourth-order valence-corrected chi connectivity index (χ4v) is 8.26. The third-order valence-corrected chi connectivity index (χ3v) is 11.1. The highest BCUT2D eigenvalue weighted by Gasteiger charge is 2.38. The molecule has 8 aromatic carbocycles. The molecule has 55 heavy (non-hydrogen) atoms. The second-order valence-electron chi connectivity index (χ2n) is 14.8. The molecule has 10 rings (SSSR count). The summed E-state index contributed by atoms with van der Waals surface area (Å²) in [6, 6.07) is 61.7. The van der Waals surface area contributed by atoms with E-state index in [0.717, 1.165) is 66.4 Å². The largest absolute Gasteiger partial charge is 0.208 e. The molecule has 9 aromatic rings. The quantitative estimate of drug-likeness (QED) is 0.179. The lowest BCUT2D eigenvalue weighted by molar-refractivity contribution is 0.660. The van der Waals surface area contributed by atoms with Crippen molar-refractivity contribution in [1.29, 1.82) is 5.26 Å². The molecular formula is C51H34N4. The van der Waals surface area contributed by atoms with Gasteiger partial charge in [-0.2, -0.15) is 5.26 Å². The zero-order chi connectivity index (χ0) is 37.1. The van der Waals surface area contributed by atoms with E-state index in [1.807, 2.05) is 12.1 Å². The topological polar surface area (TPSA) is 62.5 Å². The molecular weight excluding hydrogens is 669 g/mol. The number of hydrogen-bond donors (Lipinski definition) is 0. The molecule has 0 fully saturated rings. The maximum Gasteiger partial charge on any atom is 0.164 e. The van der Waals surface area contributed by atoms with Gasteiger partial charge in [-0.1, -0.05) is 159 Å². The Morgan fingerprint density at radius 3 is 1.47 bits per heavy atom. The Bertz CT molecular complexity index is 2930. The van der Waals surface area contributed by atoms with E-state index in [2.05, 4.69) is 178 Å². The van der Waals surface area contributed by atoms with Crippen LogP contribution in [0, 0.1) is 11.3 Å². The number of nitriles is 1. The predicted octanol–water partition coefficient (Wildman–Crippen LogP) is 12.7. The SMILES string of the molecule is CC1(C)c2cccc(C#N)c2-c2c(-c3ccc(-c4cccc(-c5nc(-c6ccc7ccccc7c6)nc(-c6ccc7ccccc7c6)n5)c4)cc3)cccc21. The van der Waals surface area contributed by atoms with Gasteiger partial charge in [0.05, 0.1) is 11.6 Å². The van der Waals surface area contributed by atoms with Crippen molar-refractivity contribution in [2.45, 2.75) is 19.3 Å². The Labute approximate surface area is 320 Å². The Balaban J connectivity index is 1.05. The molecule has 0 aliphatic heterocycles. The highest BCUT2D eigenvalue weighted by molar-refractivity contribution is 5.95. The fourth-order valence-electron chi connectivity index (χ4n) is 8.26. The van der Waals surface area contributed by atoms with Crippen LogP contribution in [0.25, 0.3) is 89.1 Å². The van der Waals surface area contributed by atoms with Crippen molar-refractivity contribution < 1.29 is 0 Å². The molecule has 0 saturated carbocycles. The molecule has 4 nitrogen and oxygen atoms in total. The predicted molar refractivity (Wildman–Crippen MR) is 224 cm³/mol. The molecule has 0 unspecified atom stereocenters. The summed E-state index contributed by atoms with van der Waals surface area (Å²) >= 11 is 0. The molecule has 4 heteroatoms. The summed E-state index contributed by atoms with van der Waals surface area (Å²) < 4.78 is 0. The molecule has 0 amide bonds. The fraction of sp³-hybridized carbons (Fsp3) is 0.0588. The zero-order valence-corrected chi connectivity index (χ0v) is 30.5.